The molecule has 2 unspecified atom stereocenters. The van der Waals surface area contributed by atoms with E-state index in [2.05, 4.69) is 10.6 Å². The number of nitrogens with one attached hydrogen (secondary N) is 2. The average molecular weight is 344 g/mol. The maximum absolute atomic E-state index is 11.9. The van der Waals surface area contributed by atoms with E-state index in [4.69, 9.17) is 21.3 Å². The van der Waals surface area contributed by atoms with Gasteiger partial charge in [-0.15, -0.1) is 0 Å². The van der Waals surface area contributed by atoms with Crippen LogP contribution in [0.3, 0.4) is 0 Å². The van der Waals surface area contributed by atoms with E-state index in [-0.39, 0.29) is 25.9 Å². The highest BCUT2D eigenvalue weighted by molar-refractivity contribution is 5.89. The summed E-state index contributed by atoms with van der Waals surface area (Å²) in [5, 5.41) is 13.2. The Morgan fingerprint density at radius 2 is 1.96 bits per heavy atom. The summed E-state index contributed by atoms with van der Waals surface area (Å²) in [5.41, 5.74) is 10.8. The first-order valence-corrected chi connectivity index (χ1v) is 7.39. The largest absolute Gasteiger partial charge is 0.480 e. The highest BCUT2D eigenvalue weighted by Gasteiger charge is 2.21. The first-order valence-electron chi connectivity index (χ1n) is 7.39. The maximum atomic E-state index is 11.9. The number of nitrogens with two attached hydrogens (primary N) is 2. The molecule has 0 fully saturated rings. The number of carbonyl (C=O) groups excluding carboxylic acids is 3. The summed E-state index contributed by atoms with van der Waals surface area (Å²) in [6.07, 6.45) is 2.73. The van der Waals surface area contributed by atoms with Crippen molar-refractivity contribution < 1.29 is 29.0 Å². The molecule has 0 rings (SSSR count). The van der Waals surface area contributed by atoms with Gasteiger partial charge in [0.1, 0.15) is 18.6 Å². The second-order valence-electron chi connectivity index (χ2n) is 4.79. The predicted octanol–water partition coefficient (Wildman–Crippen LogP) is -1.79. The molecule has 136 valence electrons. The molecule has 0 aromatic carbocycles. The number of aliphatic carboxylic acids is 1. The second kappa shape index (κ2) is 11.9. The Bertz CT molecular complexity index is 480. The van der Waals surface area contributed by atoms with Crippen LogP contribution >= 0.6 is 0 Å². The van der Waals surface area contributed by atoms with E-state index >= 15 is 0 Å². The lowest BCUT2D eigenvalue weighted by atomic mass is 10.1. The number of carbonyl (C=O) groups is 4. The molecule has 10 heteroatoms. The zero-order valence-electron chi connectivity index (χ0n) is 13.5. The summed E-state index contributed by atoms with van der Waals surface area (Å²) < 4.78 is 4.72. The van der Waals surface area contributed by atoms with Gasteiger partial charge in [-0.1, -0.05) is 6.08 Å². The third-order valence-corrected chi connectivity index (χ3v) is 2.85. The van der Waals surface area contributed by atoms with Gasteiger partial charge in [0.15, 0.2) is 0 Å². The SMILES string of the molecule is CCOC(=O)C(N)CCC(=O)NC(C/C=C/N)C(=O)NCC(=O)O. The highest BCUT2D eigenvalue weighted by Crippen LogP contribution is 2.00. The van der Waals surface area contributed by atoms with Crippen LogP contribution in [0.1, 0.15) is 26.2 Å². The Hall–Kier alpha value is -2.62. The Kier molecular flexibility index (Phi) is 10.6. The number of hydrogen-bond acceptors (Lipinski definition) is 7. The molecule has 7 N–H and O–H groups in total. The summed E-state index contributed by atoms with van der Waals surface area (Å²) in [6, 6.07) is -1.91. The van der Waals surface area contributed by atoms with Gasteiger partial charge in [0.05, 0.1) is 6.61 Å². The molecule has 0 saturated carbocycles. The minimum Gasteiger partial charge on any atom is -0.480 e. The number of ether oxygens (including phenoxy) is 1. The topological polar surface area (TPSA) is 174 Å². The van der Waals surface area contributed by atoms with E-state index in [9.17, 15) is 19.2 Å². The number of rotatable bonds is 11. The molecule has 0 aromatic heterocycles. The molecule has 0 aromatic rings. The molecule has 0 spiro atoms. The summed E-state index contributed by atoms with van der Waals surface area (Å²) in [7, 11) is 0. The molecule has 2 amide bonds. The van der Waals surface area contributed by atoms with Crippen molar-refractivity contribution in [1.82, 2.24) is 10.6 Å². The summed E-state index contributed by atoms with van der Waals surface area (Å²) >= 11 is 0. The van der Waals surface area contributed by atoms with Gasteiger partial charge >= 0.3 is 11.9 Å². The van der Waals surface area contributed by atoms with Gasteiger partial charge in [-0.05, 0) is 26.0 Å². The molecule has 0 aliphatic heterocycles. The van der Waals surface area contributed by atoms with Gasteiger partial charge < -0.3 is 31.9 Å². The van der Waals surface area contributed by atoms with Gasteiger partial charge in [0.25, 0.3) is 0 Å². The Morgan fingerprint density at radius 3 is 2.50 bits per heavy atom. The first-order chi connectivity index (χ1) is 11.3. The van der Waals surface area contributed by atoms with Crippen molar-refractivity contribution in [2.75, 3.05) is 13.2 Å². The summed E-state index contributed by atoms with van der Waals surface area (Å²) in [6.45, 7) is 1.27. The molecule has 0 bridgehead atoms. The van der Waals surface area contributed by atoms with Crippen molar-refractivity contribution in [2.24, 2.45) is 11.5 Å². The monoisotopic (exact) mass is 344 g/mol. The van der Waals surface area contributed by atoms with Crippen LogP contribution in [0.25, 0.3) is 0 Å². The van der Waals surface area contributed by atoms with Crippen molar-refractivity contribution in [1.29, 1.82) is 0 Å². The zero-order chi connectivity index (χ0) is 18.5. The number of carboxylic acid groups (broad SMARTS) is 1. The molecule has 0 radical (unpaired) electrons. The van der Waals surface area contributed by atoms with E-state index < -0.39 is 42.4 Å². The minimum atomic E-state index is -1.21. The van der Waals surface area contributed by atoms with Crippen LogP contribution in [0.15, 0.2) is 12.3 Å². The fraction of sp³-hybridized carbons (Fsp3) is 0.571. The van der Waals surface area contributed by atoms with Gasteiger partial charge in [0.2, 0.25) is 11.8 Å². The fourth-order valence-corrected chi connectivity index (χ4v) is 1.65. The van der Waals surface area contributed by atoms with Crippen molar-refractivity contribution in [3.05, 3.63) is 12.3 Å². The summed E-state index contributed by atoms with van der Waals surface area (Å²) in [5.74, 6) is -2.97. The zero-order valence-corrected chi connectivity index (χ0v) is 13.5. The van der Waals surface area contributed by atoms with Crippen molar-refractivity contribution >= 4 is 23.8 Å². The van der Waals surface area contributed by atoms with Crippen LogP contribution in [-0.4, -0.2) is 54.1 Å². The number of amides is 2. The van der Waals surface area contributed by atoms with Gasteiger partial charge in [-0.2, -0.15) is 0 Å². The predicted molar refractivity (Wildman–Crippen MR) is 84.4 cm³/mol. The molecule has 0 saturated heterocycles. The quantitative estimate of drug-likeness (QED) is 0.273. The van der Waals surface area contributed by atoms with Crippen LogP contribution in [0.4, 0.5) is 0 Å². The van der Waals surface area contributed by atoms with Gasteiger partial charge in [-0.25, -0.2) is 0 Å². The lowest BCUT2D eigenvalue weighted by Gasteiger charge is -2.17. The number of hydrogen-bond donors (Lipinski definition) is 5. The Morgan fingerprint density at radius 1 is 1.29 bits per heavy atom. The molecule has 2 atom stereocenters. The smallest absolute Gasteiger partial charge is 0.322 e. The summed E-state index contributed by atoms with van der Waals surface area (Å²) in [4.78, 5) is 45.5. The molecule has 10 nitrogen and oxygen atoms in total. The lowest BCUT2D eigenvalue weighted by molar-refractivity contribution is -0.145. The van der Waals surface area contributed by atoms with Crippen LogP contribution in [-0.2, 0) is 23.9 Å². The number of esters is 1. The van der Waals surface area contributed by atoms with Crippen molar-refractivity contribution in [2.45, 2.75) is 38.3 Å². The highest BCUT2D eigenvalue weighted by atomic mass is 16.5. The minimum absolute atomic E-state index is 0.0564. The third kappa shape index (κ3) is 9.41. The molecule has 0 aliphatic rings. The first kappa shape index (κ1) is 21.4. The average Bonchev–Trinajstić information content (AvgIpc) is 2.54. The van der Waals surface area contributed by atoms with E-state index in [1.807, 2.05) is 0 Å². The van der Waals surface area contributed by atoms with Crippen molar-refractivity contribution in [3.63, 3.8) is 0 Å². The van der Waals surface area contributed by atoms with Crippen LogP contribution < -0.4 is 22.1 Å². The van der Waals surface area contributed by atoms with E-state index in [0.29, 0.717) is 0 Å². The third-order valence-electron chi connectivity index (χ3n) is 2.85. The van der Waals surface area contributed by atoms with Crippen LogP contribution in [0, 0.1) is 0 Å². The maximum Gasteiger partial charge on any atom is 0.322 e. The van der Waals surface area contributed by atoms with Gasteiger partial charge in [-0.3, -0.25) is 19.2 Å². The second-order valence-corrected chi connectivity index (χ2v) is 4.79. The number of carboxylic acids is 1. The molecule has 0 aliphatic carbocycles. The molecular weight excluding hydrogens is 320 g/mol. The normalized spacial score (nSPS) is 13.1. The van der Waals surface area contributed by atoms with Crippen LogP contribution in [0.2, 0.25) is 0 Å². The van der Waals surface area contributed by atoms with E-state index in [0.717, 1.165) is 0 Å². The van der Waals surface area contributed by atoms with Crippen LogP contribution in [0.5, 0.6) is 0 Å². The fourth-order valence-electron chi connectivity index (χ4n) is 1.65. The molecular formula is C14H24N4O6. The standard InChI is InChI=1S/C14H24N4O6/c1-2-24-14(23)9(16)5-6-11(19)18-10(4-3-7-15)13(22)17-8-12(20)21/h3,7,9-10H,2,4-6,8,15-16H2,1H3,(H,17,22)(H,18,19)(H,20,21)/b7-3+. The molecule has 24 heavy (non-hydrogen) atoms. The Labute approximate surface area is 139 Å². The van der Waals surface area contributed by atoms with Gasteiger partial charge in [0, 0.05) is 6.42 Å². The molecule has 0 heterocycles. The van der Waals surface area contributed by atoms with E-state index in [1.165, 1.54) is 12.3 Å². The van der Waals surface area contributed by atoms with E-state index in [1.54, 1.807) is 6.92 Å². The lowest BCUT2D eigenvalue weighted by Crippen LogP contribution is -2.48. The van der Waals surface area contributed by atoms with Crippen molar-refractivity contribution in [3.8, 4) is 0 Å². The Balaban J connectivity index is 4.50.